The van der Waals surface area contributed by atoms with Crippen molar-refractivity contribution in [2.75, 3.05) is 280 Å². The van der Waals surface area contributed by atoms with Gasteiger partial charge >= 0.3 is 0 Å². The number of rotatable bonds is 79. The van der Waals surface area contributed by atoms with Gasteiger partial charge in [0.2, 0.25) is 5.91 Å². The number of ketones is 1. The van der Waals surface area contributed by atoms with E-state index in [0.717, 1.165) is 279 Å². The Morgan fingerprint density at radius 1 is 0.258 bits per heavy atom. The van der Waals surface area contributed by atoms with Crippen LogP contribution in [-0.2, 0) is 9.59 Å². The Morgan fingerprint density at radius 2 is 0.624 bits per heavy atom. The molecule has 0 heterocycles. The van der Waals surface area contributed by atoms with Crippen LogP contribution < -0.4 is 66.3 Å². The molecule has 0 saturated carbocycles. The minimum Gasteiger partial charge on any atom is -0.355 e. The summed E-state index contributed by atoms with van der Waals surface area (Å²) in [7, 11) is 3.59. The van der Waals surface area contributed by atoms with Crippen LogP contribution in [0.1, 0.15) is 156 Å². The predicted octanol–water partition coefficient (Wildman–Crippen LogP) is 3.05. The zero-order valence-electron chi connectivity index (χ0n) is 61.2. The highest BCUT2D eigenvalue weighted by Gasteiger charge is 2.16. The van der Waals surface area contributed by atoms with Crippen LogP contribution in [0.4, 0.5) is 0 Å². The van der Waals surface area contributed by atoms with Gasteiger partial charge in [0.1, 0.15) is 5.78 Å². The molecule has 0 rings (SSSR count). The molecule has 22 nitrogen and oxygen atoms in total. The minimum atomic E-state index is 0.0890. The van der Waals surface area contributed by atoms with Crippen molar-refractivity contribution in [2.45, 2.75) is 156 Å². The van der Waals surface area contributed by atoms with Crippen molar-refractivity contribution in [1.29, 1.82) is 0 Å². The lowest BCUT2D eigenvalue weighted by Crippen LogP contribution is -2.45. The summed E-state index contributed by atoms with van der Waals surface area (Å²) in [6, 6.07) is 0. The number of carbonyl (C=O) groups excluding carboxylic acids is 2. The zero-order valence-corrected chi connectivity index (χ0v) is 62.9. The molecule has 0 radical (unpaired) electrons. The van der Waals surface area contributed by atoms with E-state index in [0.29, 0.717) is 64.3 Å². The van der Waals surface area contributed by atoms with Gasteiger partial charge in [-0.1, -0.05) is 87.8 Å². The van der Waals surface area contributed by atoms with Crippen molar-refractivity contribution >= 4 is 33.3 Å². The molecule has 0 aromatic rings. The topological polar surface area (TPSA) is 288 Å². The average Bonchev–Trinajstić information content (AvgIpc) is 3.76. The van der Waals surface area contributed by atoms with E-state index in [9.17, 15) is 9.59 Å². The first-order valence-corrected chi connectivity index (χ1v) is 40.7. The monoisotopic (exact) mass is 1360 g/mol. The molecule has 0 aliphatic heterocycles. The van der Waals surface area contributed by atoms with Crippen LogP contribution in [0.15, 0.2) is 0 Å². The Kier molecular flexibility index (Phi) is 73.1. The standard InChI is InChI=1S/C69H156N20O2S2/c1-5-9-10-17-47-85(60-63-88(55-38-79-34-26-71)56-40-80-39-52-83(43-8-4)49-28-73)59-61-87(51-30-75)54-37-78-33-24-69(91)81-41-67-93-92-66-21-23-68(90)22-14-11-16-32-77-36-53-86(50-29-74)62-65-89(57-35-76-31-6-2)64-58-84(45-18-12-15-25-70)46-20-13-19-44-82(42-7-3)48-27-72/h76-80H,5-67,70-75H2,1-4H3,(H,81,91). The number of hydrogen-bond donors (Lipinski definition) is 12. The molecule has 0 aromatic carbocycles. The third-order valence-corrected chi connectivity index (χ3v) is 19.7. The van der Waals surface area contributed by atoms with Crippen LogP contribution in [0.5, 0.6) is 0 Å². The molecule has 0 unspecified atom stereocenters. The van der Waals surface area contributed by atoms with Gasteiger partial charge in [0.05, 0.1) is 0 Å². The van der Waals surface area contributed by atoms with Crippen molar-refractivity contribution in [3.05, 3.63) is 0 Å². The fourth-order valence-corrected chi connectivity index (χ4v) is 13.6. The summed E-state index contributed by atoms with van der Waals surface area (Å²) in [4.78, 5) is 46.0. The van der Waals surface area contributed by atoms with Crippen molar-refractivity contribution in [3.63, 3.8) is 0 Å². The SMILES string of the molecule is CCCCCCN(CCN(CCN)CCNCCC(=O)NCCSSCCCC(=O)CCCCCNCCN(CCN)CCN(CCNCCC)CCN(CCCCCN)CCCCCN(CCC)CCN)CCN(CCNCCN)CCNCCN(CCC)CCN. The normalized spacial score (nSPS) is 12.2. The number of nitrogens with two attached hydrogens (primary N) is 6. The number of nitrogens with one attached hydrogen (secondary N) is 6. The smallest absolute Gasteiger partial charge is 0.221 e. The number of carbonyl (C=O) groups is 2. The minimum absolute atomic E-state index is 0.0890. The molecule has 0 saturated heterocycles. The fourth-order valence-electron chi connectivity index (χ4n) is 11.6. The molecule has 0 aliphatic carbocycles. The molecule has 556 valence electrons. The van der Waals surface area contributed by atoms with Gasteiger partial charge in [-0.15, -0.1) is 0 Å². The molecular formula is C69H156N20O2S2. The van der Waals surface area contributed by atoms with Crippen LogP contribution in [-0.4, -0.2) is 331 Å². The van der Waals surface area contributed by atoms with Crippen LogP contribution in [0, 0.1) is 0 Å². The second-order valence-corrected chi connectivity index (χ2v) is 28.3. The summed E-state index contributed by atoms with van der Waals surface area (Å²) < 4.78 is 0. The summed E-state index contributed by atoms with van der Waals surface area (Å²) >= 11 is 0. The van der Waals surface area contributed by atoms with Crippen molar-refractivity contribution in [2.24, 2.45) is 34.4 Å². The molecule has 18 N–H and O–H groups in total. The number of unbranched alkanes of at least 4 members (excludes halogenated alkanes) is 9. The largest absolute Gasteiger partial charge is 0.355 e. The second kappa shape index (κ2) is 73.8. The van der Waals surface area contributed by atoms with E-state index in [4.69, 9.17) is 34.4 Å². The first-order valence-electron chi connectivity index (χ1n) is 38.2. The molecular weight excluding hydrogens is 1210 g/mol. The Labute approximate surface area is 581 Å². The number of Topliss-reactive ketones (excluding diaryl/α,β-unsaturated/α-hetero) is 1. The third-order valence-electron chi connectivity index (χ3n) is 17.2. The lowest BCUT2D eigenvalue weighted by Gasteiger charge is -2.30. The first kappa shape index (κ1) is 92.1. The number of amides is 1. The maximum atomic E-state index is 12.7. The zero-order chi connectivity index (χ0) is 68.0. The third kappa shape index (κ3) is 63.0. The van der Waals surface area contributed by atoms with Gasteiger partial charge in [-0.3, -0.25) is 29.2 Å². The predicted molar refractivity (Wildman–Crippen MR) is 408 cm³/mol. The van der Waals surface area contributed by atoms with E-state index in [1.54, 1.807) is 10.8 Å². The summed E-state index contributed by atoms with van der Waals surface area (Å²) in [6.45, 7) is 48.2. The van der Waals surface area contributed by atoms with E-state index in [1.165, 1.54) is 70.8 Å². The quantitative estimate of drug-likeness (QED) is 0.0308. The van der Waals surface area contributed by atoms with E-state index in [-0.39, 0.29) is 5.91 Å². The highest BCUT2D eigenvalue weighted by molar-refractivity contribution is 8.76. The fraction of sp³-hybridized carbons (Fsp3) is 0.971. The van der Waals surface area contributed by atoms with Gasteiger partial charge in [-0.2, -0.15) is 0 Å². The lowest BCUT2D eigenvalue weighted by atomic mass is 10.1. The van der Waals surface area contributed by atoms with Crippen LogP contribution in [0.25, 0.3) is 0 Å². The van der Waals surface area contributed by atoms with Crippen molar-refractivity contribution in [1.82, 2.24) is 71.1 Å². The van der Waals surface area contributed by atoms with E-state index < -0.39 is 0 Å². The first-order chi connectivity index (χ1) is 45.7. The van der Waals surface area contributed by atoms with E-state index in [1.807, 2.05) is 10.8 Å². The number of nitrogens with zero attached hydrogens (tertiary/aromatic N) is 8. The highest BCUT2D eigenvalue weighted by Crippen LogP contribution is 2.22. The van der Waals surface area contributed by atoms with Crippen molar-refractivity contribution < 1.29 is 9.59 Å². The van der Waals surface area contributed by atoms with Crippen LogP contribution in [0.2, 0.25) is 0 Å². The van der Waals surface area contributed by atoms with Gasteiger partial charge in [0.25, 0.3) is 0 Å². The Hall–Kier alpha value is -0.920. The molecule has 0 bridgehead atoms. The molecule has 0 aromatic heterocycles. The molecule has 93 heavy (non-hydrogen) atoms. The molecule has 0 fully saturated rings. The molecule has 0 atom stereocenters. The highest BCUT2D eigenvalue weighted by atomic mass is 33.1. The maximum Gasteiger partial charge on any atom is 0.221 e. The maximum absolute atomic E-state index is 12.7. The van der Waals surface area contributed by atoms with Gasteiger partial charge in [-0.25, -0.2) is 0 Å². The summed E-state index contributed by atoms with van der Waals surface area (Å²) in [5, 5.41) is 21.1. The lowest BCUT2D eigenvalue weighted by molar-refractivity contribution is -0.121. The van der Waals surface area contributed by atoms with Gasteiger partial charge < -0.3 is 85.9 Å². The average molecular weight is 1360 g/mol. The number of hydrogen-bond acceptors (Lipinski definition) is 23. The summed E-state index contributed by atoms with van der Waals surface area (Å²) in [5.74, 6) is 2.28. The van der Waals surface area contributed by atoms with Gasteiger partial charge in [0, 0.05) is 240 Å². The van der Waals surface area contributed by atoms with Gasteiger partial charge in [-0.05, 0) is 130 Å². The van der Waals surface area contributed by atoms with Gasteiger partial charge in [0.15, 0.2) is 0 Å². The van der Waals surface area contributed by atoms with Crippen molar-refractivity contribution in [3.8, 4) is 0 Å². The second-order valence-electron chi connectivity index (χ2n) is 25.6. The summed E-state index contributed by atoms with van der Waals surface area (Å²) in [5.41, 5.74) is 35.6. The molecule has 1 amide bonds. The Balaban J connectivity index is 4.53. The molecule has 0 aliphatic rings. The van der Waals surface area contributed by atoms with E-state index >= 15 is 0 Å². The summed E-state index contributed by atoms with van der Waals surface area (Å²) in [6.07, 6.45) is 21.7. The molecule has 0 spiro atoms. The molecule has 24 heteroatoms. The van der Waals surface area contributed by atoms with Crippen LogP contribution in [0.3, 0.4) is 0 Å². The Morgan fingerprint density at radius 3 is 1.09 bits per heavy atom. The van der Waals surface area contributed by atoms with Crippen LogP contribution >= 0.6 is 21.6 Å². The van der Waals surface area contributed by atoms with E-state index in [2.05, 4.69) is 98.8 Å². The Bertz CT molecular complexity index is 1520.